The molecule has 0 saturated carbocycles. The van der Waals surface area contributed by atoms with Crippen molar-refractivity contribution in [1.82, 2.24) is 5.32 Å². The first-order valence-corrected chi connectivity index (χ1v) is 10.8. The minimum absolute atomic E-state index is 0.0314. The highest BCUT2D eigenvalue weighted by molar-refractivity contribution is 6.04. The maximum absolute atomic E-state index is 13.2. The van der Waals surface area contributed by atoms with Crippen LogP contribution in [0, 0.1) is 12.3 Å². The third kappa shape index (κ3) is 4.08. The highest BCUT2D eigenvalue weighted by Crippen LogP contribution is 2.46. The molecule has 5 heteroatoms. The lowest BCUT2D eigenvalue weighted by Crippen LogP contribution is -2.39. The van der Waals surface area contributed by atoms with E-state index in [1.807, 2.05) is 38.1 Å². The van der Waals surface area contributed by atoms with Gasteiger partial charge < -0.3 is 14.8 Å². The lowest BCUT2D eigenvalue weighted by Gasteiger charge is -2.39. The first kappa shape index (κ1) is 20.9. The van der Waals surface area contributed by atoms with E-state index in [4.69, 9.17) is 9.47 Å². The Kier molecular flexibility index (Phi) is 5.58. The second-order valence-electron chi connectivity index (χ2n) is 9.57. The Morgan fingerprint density at radius 1 is 1.20 bits per heavy atom. The van der Waals surface area contributed by atoms with Gasteiger partial charge in [0.25, 0.3) is 0 Å². The standard InChI is InChI=1S/C25H31NO4/c1-15-7-9-17(10-8-15)22-21(24(28)30-14-18-6-5-11-29-18)16(2)26-19-12-25(3,4)13-20(27)23(19)22/h7-10,18,22,26H,5-6,11-14H2,1-4H3/t18-,22-/m1/s1. The number of hydrogen-bond acceptors (Lipinski definition) is 5. The van der Waals surface area contributed by atoms with Gasteiger partial charge in [-0.3, -0.25) is 4.79 Å². The van der Waals surface area contributed by atoms with Crippen LogP contribution in [-0.2, 0) is 19.1 Å². The van der Waals surface area contributed by atoms with Crippen LogP contribution in [0.3, 0.4) is 0 Å². The van der Waals surface area contributed by atoms with E-state index in [0.29, 0.717) is 17.6 Å². The molecule has 1 aromatic rings. The predicted molar refractivity (Wildman–Crippen MR) is 115 cm³/mol. The van der Waals surface area contributed by atoms with E-state index in [0.717, 1.165) is 48.4 Å². The average Bonchev–Trinajstić information content (AvgIpc) is 3.18. The maximum atomic E-state index is 13.2. The van der Waals surface area contributed by atoms with Crippen LogP contribution in [0.2, 0.25) is 0 Å². The van der Waals surface area contributed by atoms with E-state index < -0.39 is 5.92 Å². The third-order valence-corrected chi connectivity index (χ3v) is 6.29. The molecule has 1 saturated heterocycles. The Morgan fingerprint density at radius 3 is 2.60 bits per heavy atom. The van der Waals surface area contributed by atoms with Gasteiger partial charge in [0.15, 0.2) is 5.78 Å². The second-order valence-corrected chi connectivity index (χ2v) is 9.57. The number of carbonyl (C=O) groups is 2. The molecule has 160 valence electrons. The zero-order chi connectivity index (χ0) is 21.5. The van der Waals surface area contributed by atoms with Gasteiger partial charge in [0.05, 0.1) is 11.7 Å². The average molecular weight is 410 g/mol. The molecule has 4 rings (SSSR count). The molecule has 2 aliphatic heterocycles. The van der Waals surface area contributed by atoms with Crippen molar-refractivity contribution in [3.63, 3.8) is 0 Å². The summed E-state index contributed by atoms with van der Waals surface area (Å²) >= 11 is 0. The minimum Gasteiger partial charge on any atom is -0.459 e. The number of allylic oxidation sites excluding steroid dienone is 3. The van der Waals surface area contributed by atoms with Crippen LogP contribution < -0.4 is 5.32 Å². The van der Waals surface area contributed by atoms with Gasteiger partial charge in [0, 0.05) is 35.9 Å². The molecule has 2 atom stereocenters. The summed E-state index contributed by atoms with van der Waals surface area (Å²) in [5.74, 6) is -0.663. The van der Waals surface area contributed by atoms with Gasteiger partial charge in [-0.25, -0.2) is 4.79 Å². The van der Waals surface area contributed by atoms with Gasteiger partial charge in [-0.2, -0.15) is 0 Å². The molecule has 0 amide bonds. The van der Waals surface area contributed by atoms with Crippen molar-refractivity contribution in [2.45, 2.75) is 65.4 Å². The SMILES string of the molecule is CC1=C(C(=O)OC[C@H]2CCCO2)[C@@H](c2ccc(C)cc2)C2=C(CC(C)(C)CC2=O)N1. The first-order valence-electron chi connectivity index (χ1n) is 10.8. The van der Waals surface area contributed by atoms with E-state index in [9.17, 15) is 9.59 Å². The maximum Gasteiger partial charge on any atom is 0.336 e. The summed E-state index contributed by atoms with van der Waals surface area (Å²) in [5, 5.41) is 3.38. The van der Waals surface area contributed by atoms with E-state index in [1.54, 1.807) is 0 Å². The Hall–Kier alpha value is -2.40. The Bertz CT molecular complexity index is 917. The molecular weight excluding hydrogens is 378 g/mol. The molecule has 0 unspecified atom stereocenters. The van der Waals surface area contributed by atoms with Crippen LogP contribution in [-0.4, -0.2) is 31.1 Å². The Labute approximate surface area is 178 Å². The van der Waals surface area contributed by atoms with Gasteiger partial charge in [-0.15, -0.1) is 0 Å². The quantitative estimate of drug-likeness (QED) is 0.750. The zero-order valence-electron chi connectivity index (χ0n) is 18.3. The number of Topliss-reactive ketones (excluding diaryl/α,β-unsaturated/α-hetero) is 1. The largest absolute Gasteiger partial charge is 0.459 e. The molecule has 30 heavy (non-hydrogen) atoms. The molecule has 1 aromatic carbocycles. The van der Waals surface area contributed by atoms with Gasteiger partial charge in [0.2, 0.25) is 0 Å². The normalized spacial score (nSPS) is 25.8. The summed E-state index contributed by atoms with van der Waals surface area (Å²) in [5.41, 5.74) is 4.94. The topological polar surface area (TPSA) is 64.6 Å². The molecule has 1 N–H and O–H groups in total. The van der Waals surface area contributed by atoms with Crippen molar-refractivity contribution in [2.75, 3.05) is 13.2 Å². The molecule has 0 spiro atoms. The first-order chi connectivity index (χ1) is 14.2. The number of esters is 1. The summed E-state index contributed by atoms with van der Waals surface area (Å²) < 4.78 is 11.3. The van der Waals surface area contributed by atoms with Gasteiger partial charge >= 0.3 is 5.97 Å². The molecule has 0 aromatic heterocycles. The zero-order valence-corrected chi connectivity index (χ0v) is 18.3. The van der Waals surface area contributed by atoms with Gasteiger partial charge in [-0.05, 0) is 44.1 Å². The summed E-state index contributed by atoms with van der Waals surface area (Å²) in [4.78, 5) is 26.5. The summed E-state index contributed by atoms with van der Waals surface area (Å²) in [6, 6.07) is 8.09. The van der Waals surface area contributed by atoms with E-state index in [2.05, 4.69) is 19.2 Å². The molecular formula is C25H31NO4. The highest BCUT2D eigenvalue weighted by Gasteiger charge is 2.43. The van der Waals surface area contributed by atoms with Crippen molar-refractivity contribution in [1.29, 1.82) is 0 Å². The van der Waals surface area contributed by atoms with Crippen molar-refractivity contribution in [3.8, 4) is 0 Å². The minimum atomic E-state index is -0.401. The number of benzene rings is 1. The molecule has 5 nitrogen and oxygen atoms in total. The number of ketones is 1. The molecule has 0 radical (unpaired) electrons. The molecule has 1 fully saturated rings. The second kappa shape index (κ2) is 8.03. The number of dihydropyridines is 1. The van der Waals surface area contributed by atoms with E-state index in [1.165, 1.54) is 0 Å². The van der Waals surface area contributed by atoms with Crippen molar-refractivity contribution >= 4 is 11.8 Å². The van der Waals surface area contributed by atoms with Crippen LogP contribution in [0.15, 0.2) is 46.8 Å². The van der Waals surface area contributed by atoms with Crippen molar-refractivity contribution < 1.29 is 19.1 Å². The fourth-order valence-corrected chi connectivity index (χ4v) is 4.82. The van der Waals surface area contributed by atoms with Crippen molar-refractivity contribution in [3.05, 3.63) is 57.9 Å². The van der Waals surface area contributed by atoms with Gasteiger partial charge in [0.1, 0.15) is 6.61 Å². The number of rotatable bonds is 4. The Morgan fingerprint density at radius 2 is 1.93 bits per heavy atom. The van der Waals surface area contributed by atoms with Crippen LogP contribution in [0.5, 0.6) is 0 Å². The van der Waals surface area contributed by atoms with Crippen molar-refractivity contribution in [2.24, 2.45) is 5.41 Å². The number of carbonyl (C=O) groups excluding carboxylic acids is 2. The van der Waals surface area contributed by atoms with E-state index in [-0.39, 0.29) is 29.9 Å². The lowest BCUT2D eigenvalue weighted by atomic mass is 9.68. The van der Waals surface area contributed by atoms with Crippen LogP contribution >= 0.6 is 0 Å². The smallest absolute Gasteiger partial charge is 0.336 e. The fourth-order valence-electron chi connectivity index (χ4n) is 4.82. The summed E-state index contributed by atoms with van der Waals surface area (Å²) in [7, 11) is 0. The molecule has 2 heterocycles. The highest BCUT2D eigenvalue weighted by atomic mass is 16.6. The predicted octanol–water partition coefficient (Wildman–Crippen LogP) is 4.32. The van der Waals surface area contributed by atoms with Crippen LogP contribution in [0.25, 0.3) is 0 Å². The van der Waals surface area contributed by atoms with Crippen LogP contribution in [0.1, 0.15) is 63.5 Å². The number of ether oxygens (including phenoxy) is 2. The van der Waals surface area contributed by atoms with E-state index >= 15 is 0 Å². The number of aryl methyl sites for hydroxylation is 1. The summed E-state index contributed by atoms with van der Waals surface area (Å²) in [6.45, 7) is 9.13. The fraction of sp³-hybridized carbons (Fsp3) is 0.520. The molecule has 1 aliphatic carbocycles. The summed E-state index contributed by atoms with van der Waals surface area (Å²) in [6.07, 6.45) is 3.14. The monoisotopic (exact) mass is 409 g/mol. The third-order valence-electron chi connectivity index (χ3n) is 6.29. The lowest BCUT2D eigenvalue weighted by molar-refractivity contribution is -0.142. The van der Waals surface area contributed by atoms with Gasteiger partial charge in [-0.1, -0.05) is 43.7 Å². The number of nitrogens with one attached hydrogen (secondary N) is 1. The van der Waals surface area contributed by atoms with Crippen LogP contribution in [0.4, 0.5) is 0 Å². The Balaban J connectivity index is 1.71. The molecule has 3 aliphatic rings. The molecule has 0 bridgehead atoms. The number of hydrogen-bond donors (Lipinski definition) is 1.